The number of anilines is 1. The molecule has 88 valence electrons. The smallest absolute Gasteiger partial charge is 0.311 e. The molecule has 0 radical (unpaired) electrons. The van der Waals surface area contributed by atoms with Crippen LogP contribution in [0.5, 0.6) is 0 Å². The van der Waals surface area contributed by atoms with E-state index >= 15 is 0 Å². The number of hydrogen-bond donors (Lipinski definition) is 1. The first kappa shape index (κ1) is 12.3. The molecule has 2 N–H and O–H groups in total. The molecule has 0 spiro atoms. The molecule has 0 aromatic carbocycles. The predicted octanol–water partition coefficient (Wildman–Crippen LogP) is 1.46. The highest BCUT2D eigenvalue weighted by Gasteiger charge is 2.20. The van der Waals surface area contributed by atoms with Gasteiger partial charge in [-0.3, -0.25) is 4.79 Å². The van der Waals surface area contributed by atoms with Gasteiger partial charge in [0, 0.05) is 0 Å². The number of nitrogens with two attached hydrogens (primary N) is 1. The Morgan fingerprint density at radius 3 is 2.75 bits per heavy atom. The molecule has 0 aliphatic rings. The second-order valence-electron chi connectivity index (χ2n) is 2.95. The van der Waals surface area contributed by atoms with Crippen LogP contribution >= 0.6 is 0 Å². The van der Waals surface area contributed by atoms with Crippen LogP contribution in [0.3, 0.4) is 0 Å². The molecular formula is C9H9F3N2O2. The Labute approximate surface area is 89.2 Å². The predicted molar refractivity (Wildman–Crippen MR) is 49.3 cm³/mol. The van der Waals surface area contributed by atoms with E-state index in [9.17, 15) is 18.0 Å². The number of carbonyl (C=O) groups excluding carboxylic acids is 1. The van der Waals surface area contributed by atoms with E-state index in [0.29, 0.717) is 0 Å². The summed E-state index contributed by atoms with van der Waals surface area (Å²) >= 11 is 0. The Kier molecular flexibility index (Phi) is 3.70. The number of rotatable bonds is 3. The van der Waals surface area contributed by atoms with Gasteiger partial charge in [0.25, 0.3) is 6.43 Å². The lowest BCUT2D eigenvalue weighted by atomic mass is 10.1. The van der Waals surface area contributed by atoms with Crippen molar-refractivity contribution in [3.05, 3.63) is 23.1 Å². The third-order valence-electron chi connectivity index (χ3n) is 1.85. The summed E-state index contributed by atoms with van der Waals surface area (Å²) in [5.74, 6) is -2.28. The standard InChI is InChI=1S/C9H9F3N2O2/c1-16-7(15)3-5-8(10)4(9(11)12)2-6(13)14-5/h2,9H,3H2,1H3,(H2,13,14). The molecule has 0 saturated heterocycles. The van der Waals surface area contributed by atoms with Crippen molar-refractivity contribution in [2.24, 2.45) is 0 Å². The molecular weight excluding hydrogens is 225 g/mol. The lowest BCUT2D eigenvalue weighted by Crippen LogP contribution is -2.11. The lowest BCUT2D eigenvalue weighted by Gasteiger charge is -2.07. The number of nitrogen functional groups attached to an aromatic ring is 1. The fourth-order valence-corrected chi connectivity index (χ4v) is 1.11. The zero-order valence-electron chi connectivity index (χ0n) is 8.34. The van der Waals surface area contributed by atoms with E-state index in [1.54, 1.807) is 0 Å². The third kappa shape index (κ3) is 2.62. The molecule has 7 heteroatoms. The molecule has 0 aliphatic heterocycles. The number of nitrogens with zero attached hydrogens (tertiary/aromatic N) is 1. The van der Waals surface area contributed by atoms with Crippen LogP contribution in [0.25, 0.3) is 0 Å². The molecule has 0 atom stereocenters. The number of esters is 1. The van der Waals surface area contributed by atoms with Gasteiger partial charge >= 0.3 is 5.97 Å². The van der Waals surface area contributed by atoms with Gasteiger partial charge in [0.1, 0.15) is 5.82 Å². The van der Waals surface area contributed by atoms with Crippen LogP contribution in [0.1, 0.15) is 17.7 Å². The summed E-state index contributed by atoms with van der Waals surface area (Å²) in [6.45, 7) is 0. The fraction of sp³-hybridized carbons (Fsp3) is 0.333. The van der Waals surface area contributed by atoms with Crippen LogP contribution in [-0.4, -0.2) is 18.1 Å². The maximum absolute atomic E-state index is 13.4. The number of pyridine rings is 1. The Hall–Kier alpha value is -1.79. The maximum Gasteiger partial charge on any atom is 0.311 e. The van der Waals surface area contributed by atoms with Crippen LogP contribution in [0.15, 0.2) is 6.07 Å². The van der Waals surface area contributed by atoms with Gasteiger partial charge in [0.15, 0.2) is 5.82 Å². The van der Waals surface area contributed by atoms with Gasteiger partial charge in [0.05, 0.1) is 24.8 Å². The SMILES string of the molecule is COC(=O)Cc1nc(N)cc(C(F)F)c1F. The van der Waals surface area contributed by atoms with Crippen LogP contribution in [0.4, 0.5) is 19.0 Å². The van der Waals surface area contributed by atoms with Crippen LogP contribution in [0.2, 0.25) is 0 Å². The summed E-state index contributed by atoms with van der Waals surface area (Å²) in [6, 6.07) is 0.737. The quantitative estimate of drug-likeness (QED) is 0.804. The zero-order chi connectivity index (χ0) is 12.3. The second kappa shape index (κ2) is 4.82. The van der Waals surface area contributed by atoms with E-state index in [2.05, 4.69) is 9.72 Å². The van der Waals surface area contributed by atoms with Crippen molar-refractivity contribution in [1.82, 2.24) is 4.98 Å². The third-order valence-corrected chi connectivity index (χ3v) is 1.85. The van der Waals surface area contributed by atoms with Gasteiger partial charge in [-0.25, -0.2) is 18.2 Å². The number of methoxy groups -OCH3 is 1. The summed E-state index contributed by atoms with van der Waals surface area (Å²) < 4.78 is 42.4. The van der Waals surface area contributed by atoms with Crippen LogP contribution in [-0.2, 0) is 16.0 Å². The number of aromatic nitrogens is 1. The van der Waals surface area contributed by atoms with E-state index < -0.39 is 35.9 Å². The van der Waals surface area contributed by atoms with Gasteiger partial charge < -0.3 is 10.5 Å². The molecule has 4 nitrogen and oxygen atoms in total. The largest absolute Gasteiger partial charge is 0.469 e. The van der Waals surface area contributed by atoms with E-state index in [1.165, 1.54) is 0 Å². The molecule has 1 rings (SSSR count). The topological polar surface area (TPSA) is 65.2 Å². The zero-order valence-corrected chi connectivity index (χ0v) is 8.34. The molecule has 0 fully saturated rings. The number of alkyl halides is 2. The monoisotopic (exact) mass is 234 g/mol. The molecule has 1 heterocycles. The summed E-state index contributed by atoms with van der Waals surface area (Å²) in [5.41, 5.74) is 3.91. The van der Waals surface area contributed by atoms with Crippen LogP contribution < -0.4 is 5.73 Å². The molecule has 0 unspecified atom stereocenters. The molecule has 1 aromatic heterocycles. The Morgan fingerprint density at radius 2 is 2.25 bits per heavy atom. The summed E-state index contributed by atoms with van der Waals surface area (Å²) in [5, 5.41) is 0. The Balaban J connectivity index is 3.14. The first-order chi connectivity index (χ1) is 7.45. The average Bonchev–Trinajstić information content (AvgIpc) is 2.22. The summed E-state index contributed by atoms with van der Waals surface area (Å²) in [4.78, 5) is 14.3. The molecule has 0 bridgehead atoms. The molecule has 1 aromatic rings. The van der Waals surface area contributed by atoms with E-state index in [4.69, 9.17) is 5.73 Å². The number of ether oxygens (including phenoxy) is 1. The van der Waals surface area contributed by atoms with Crippen molar-refractivity contribution < 1.29 is 22.7 Å². The van der Waals surface area contributed by atoms with Crippen molar-refractivity contribution in [3.8, 4) is 0 Å². The fourth-order valence-electron chi connectivity index (χ4n) is 1.11. The lowest BCUT2D eigenvalue weighted by molar-refractivity contribution is -0.139. The van der Waals surface area contributed by atoms with Gasteiger partial charge in [-0.15, -0.1) is 0 Å². The second-order valence-corrected chi connectivity index (χ2v) is 2.95. The molecule has 16 heavy (non-hydrogen) atoms. The highest BCUT2D eigenvalue weighted by Crippen LogP contribution is 2.25. The van der Waals surface area contributed by atoms with E-state index in [0.717, 1.165) is 13.2 Å². The van der Waals surface area contributed by atoms with Crippen molar-refractivity contribution in [2.45, 2.75) is 12.8 Å². The molecule has 0 aliphatic carbocycles. The van der Waals surface area contributed by atoms with Crippen molar-refractivity contribution in [3.63, 3.8) is 0 Å². The first-order valence-corrected chi connectivity index (χ1v) is 4.25. The van der Waals surface area contributed by atoms with Gasteiger partial charge in [0.2, 0.25) is 0 Å². The minimum absolute atomic E-state index is 0.268. The average molecular weight is 234 g/mol. The highest BCUT2D eigenvalue weighted by atomic mass is 19.3. The van der Waals surface area contributed by atoms with Gasteiger partial charge in [-0.1, -0.05) is 0 Å². The van der Waals surface area contributed by atoms with Crippen molar-refractivity contribution in [1.29, 1.82) is 0 Å². The molecule has 0 amide bonds. The Bertz CT molecular complexity index is 410. The highest BCUT2D eigenvalue weighted by molar-refractivity contribution is 5.72. The minimum Gasteiger partial charge on any atom is -0.469 e. The minimum atomic E-state index is -3.01. The number of halogens is 3. The van der Waals surface area contributed by atoms with E-state index in [-0.39, 0.29) is 5.82 Å². The summed E-state index contributed by atoms with van der Waals surface area (Å²) in [6.07, 6.45) is -3.55. The number of hydrogen-bond acceptors (Lipinski definition) is 4. The van der Waals surface area contributed by atoms with Crippen LogP contribution in [0, 0.1) is 5.82 Å². The van der Waals surface area contributed by atoms with Crippen molar-refractivity contribution >= 4 is 11.8 Å². The number of carbonyl (C=O) groups is 1. The van der Waals surface area contributed by atoms with Crippen molar-refractivity contribution in [2.75, 3.05) is 12.8 Å². The Morgan fingerprint density at radius 1 is 1.62 bits per heavy atom. The van der Waals surface area contributed by atoms with E-state index in [1.807, 2.05) is 0 Å². The normalized spacial score (nSPS) is 10.6. The summed E-state index contributed by atoms with van der Waals surface area (Å²) in [7, 11) is 1.10. The molecule has 0 saturated carbocycles. The van der Waals surface area contributed by atoms with Gasteiger partial charge in [-0.2, -0.15) is 0 Å². The van der Waals surface area contributed by atoms with Gasteiger partial charge in [-0.05, 0) is 6.07 Å². The maximum atomic E-state index is 13.4. The first-order valence-electron chi connectivity index (χ1n) is 4.25.